The highest BCUT2D eigenvalue weighted by Crippen LogP contribution is 2.37. The van der Waals surface area contributed by atoms with Gasteiger partial charge >= 0.3 is 7.12 Å². The second kappa shape index (κ2) is 7.35. The predicted molar refractivity (Wildman–Crippen MR) is 105 cm³/mol. The van der Waals surface area contributed by atoms with Gasteiger partial charge in [0.1, 0.15) is 11.6 Å². The van der Waals surface area contributed by atoms with Crippen molar-refractivity contribution < 1.29 is 31.2 Å². The monoisotopic (exact) mass is 425 g/mol. The molecule has 0 atom stereocenters. The van der Waals surface area contributed by atoms with Gasteiger partial charge in [0.2, 0.25) is 10.0 Å². The number of hydrogen-bond donors (Lipinski definition) is 1. The molecule has 0 aromatic heterocycles. The molecule has 2 aromatic rings. The second-order valence-electron chi connectivity index (χ2n) is 7.94. The largest absolute Gasteiger partial charge is 0.498 e. The summed E-state index contributed by atoms with van der Waals surface area (Å²) >= 11 is 0. The van der Waals surface area contributed by atoms with Crippen molar-refractivity contribution in [1.29, 1.82) is 0 Å². The van der Waals surface area contributed by atoms with Gasteiger partial charge in [-0.25, -0.2) is 22.3 Å². The third kappa shape index (κ3) is 4.77. The Hall–Kier alpha value is -2.01. The summed E-state index contributed by atoms with van der Waals surface area (Å²) < 4.78 is 67.9. The van der Waals surface area contributed by atoms with Gasteiger partial charge < -0.3 is 14.0 Å². The van der Waals surface area contributed by atoms with Crippen molar-refractivity contribution in [2.45, 2.75) is 44.6 Å². The Morgan fingerprint density at radius 2 is 1.59 bits per heavy atom. The average Bonchev–Trinajstić information content (AvgIpc) is 2.77. The first kappa shape index (κ1) is 21.7. The van der Waals surface area contributed by atoms with E-state index >= 15 is 0 Å². The first-order valence-corrected chi connectivity index (χ1v) is 10.6. The molecule has 0 bridgehead atoms. The van der Waals surface area contributed by atoms with Crippen molar-refractivity contribution >= 4 is 22.6 Å². The van der Waals surface area contributed by atoms with Crippen molar-refractivity contribution in [3.05, 3.63) is 53.6 Å². The number of halogens is 2. The number of hydrogen-bond acceptors (Lipinski definition) is 5. The normalized spacial score (nSPS) is 18.1. The quantitative estimate of drug-likeness (QED) is 0.745. The van der Waals surface area contributed by atoms with Gasteiger partial charge in [0.05, 0.1) is 17.0 Å². The number of ether oxygens (including phenoxy) is 1. The molecule has 1 heterocycles. The third-order valence-electron chi connectivity index (χ3n) is 5.06. The molecule has 3 rings (SSSR count). The third-order valence-corrected chi connectivity index (χ3v) is 5.80. The van der Waals surface area contributed by atoms with Gasteiger partial charge in [-0.15, -0.1) is 0 Å². The summed E-state index contributed by atoms with van der Waals surface area (Å²) in [6, 6.07) is 7.45. The van der Waals surface area contributed by atoms with Crippen LogP contribution in [0.15, 0.2) is 36.4 Å². The summed E-state index contributed by atoms with van der Waals surface area (Å²) in [5.41, 5.74) is -0.560. The van der Waals surface area contributed by atoms with E-state index in [0.29, 0.717) is 17.1 Å². The molecule has 0 unspecified atom stereocenters. The molecular weight excluding hydrogens is 403 g/mol. The van der Waals surface area contributed by atoms with Gasteiger partial charge in [-0.05, 0) is 51.5 Å². The highest BCUT2D eigenvalue weighted by Gasteiger charge is 2.52. The van der Waals surface area contributed by atoms with Crippen LogP contribution in [-0.2, 0) is 25.1 Å². The molecule has 2 N–H and O–H groups in total. The van der Waals surface area contributed by atoms with E-state index in [2.05, 4.69) is 0 Å². The lowest BCUT2D eigenvalue weighted by Crippen LogP contribution is -2.41. The zero-order valence-corrected chi connectivity index (χ0v) is 17.3. The number of benzene rings is 2. The van der Waals surface area contributed by atoms with E-state index in [4.69, 9.17) is 19.2 Å². The molecular formula is C19H22BF2NO5S. The number of primary sulfonamides is 1. The standard InChI is InChI=1S/C19H22BF2NO5S/c1-18(2)19(3,4)28-20(27-18)14-9-12(11-29(23,24)25)5-7-16(14)26-17-8-6-13(21)10-15(17)22/h5-10H,11H2,1-4H3,(H2,23,24,25). The fourth-order valence-corrected chi connectivity index (χ4v) is 3.49. The van der Waals surface area contributed by atoms with Gasteiger partial charge in [-0.1, -0.05) is 12.1 Å². The molecule has 0 amide bonds. The van der Waals surface area contributed by atoms with Crippen molar-refractivity contribution in [3.8, 4) is 11.5 Å². The Bertz CT molecular complexity index is 1030. The molecule has 2 aromatic carbocycles. The molecule has 0 spiro atoms. The molecule has 1 aliphatic rings. The van der Waals surface area contributed by atoms with Crippen molar-refractivity contribution in [2.75, 3.05) is 0 Å². The van der Waals surface area contributed by atoms with Gasteiger partial charge in [0, 0.05) is 11.5 Å². The van der Waals surface area contributed by atoms with E-state index in [1.165, 1.54) is 18.2 Å². The lowest BCUT2D eigenvalue weighted by atomic mass is 9.77. The van der Waals surface area contributed by atoms with Crippen molar-refractivity contribution in [3.63, 3.8) is 0 Å². The Labute approximate surface area is 169 Å². The molecule has 1 fully saturated rings. The van der Waals surface area contributed by atoms with Crippen LogP contribution < -0.4 is 15.3 Å². The van der Waals surface area contributed by atoms with E-state index in [0.717, 1.165) is 12.1 Å². The molecule has 0 saturated carbocycles. The van der Waals surface area contributed by atoms with Gasteiger partial charge in [0.15, 0.2) is 11.6 Å². The molecule has 10 heteroatoms. The van der Waals surface area contributed by atoms with Crippen LogP contribution in [0.25, 0.3) is 0 Å². The fraction of sp³-hybridized carbons (Fsp3) is 0.368. The minimum Gasteiger partial charge on any atom is -0.455 e. The maximum atomic E-state index is 14.1. The Kier molecular flexibility index (Phi) is 5.50. The summed E-state index contributed by atoms with van der Waals surface area (Å²) in [6.07, 6.45) is 0. The second-order valence-corrected chi connectivity index (χ2v) is 9.56. The first-order valence-electron chi connectivity index (χ1n) is 8.89. The van der Waals surface area contributed by atoms with E-state index < -0.39 is 45.7 Å². The lowest BCUT2D eigenvalue weighted by molar-refractivity contribution is 0.00578. The van der Waals surface area contributed by atoms with E-state index in [1.807, 2.05) is 27.7 Å². The number of nitrogens with two attached hydrogens (primary N) is 1. The van der Waals surface area contributed by atoms with Crippen molar-refractivity contribution in [1.82, 2.24) is 0 Å². The molecule has 6 nitrogen and oxygen atoms in total. The minimum absolute atomic E-state index is 0.187. The summed E-state index contributed by atoms with van der Waals surface area (Å²) in [6.45, 7) is 7.45. The van der Waals surface area contributed by atoms with E-state index in [1.54, 1.807) is 0 Å². The Balaban J connectivity index is 2.04. The van der Waals surface area contributed by atoms with Crippen LogP contribution >= 0.6 is 0 Å². The zero-order chi connectivity index (χ0) is 21.6. The molecule has 0 radical (unpaired) electrons. The topological polar surface area (TPSA) is 87.9 Å². The van der Waals surface area contributed by atoms with Gasteiger partial charge in [-0.3, -0.25) is 0 Å². The zero-order valence-electron chi connectivity index (χ0n) is 16.5. The Morgan fingerprint density at radius 3 is 2.14 bits per heavy atom. The SMILES string of the molecule is CC1(C)OB(c2cc(CS(N)(=O)=O)ccc2Oc2ccc(F)cc2F)OC1(C)C. The lowest BCUT2D eigenvalue weighted by Gasteiger charge is -2.32. The van der Waals surface area contributed by atoms with Gasteiger partial charge in [-0.2, -0.15) is 0 Å². The molecule has 156 valence electrons. The summed E-state index contributed by atoms with van der Waals surface area (Å²) in [7, 11) is -4.66. The Morgan fingerprint density at radius 1 is 1.00 bits per heavy atom. The highest BCUT2D eigenvalue weighted by molar-refractivity contribution is 7.88. The molecule has 1 aliphatic heterocycles. The van der Waals surface area contributed by atoms with Crippen LogP contribution in [0.4, 0.5) is 8.78 Å². The van der Waals surface area contributed by atoms with Crippen LogP contribution in [0.5, 0.6) is 11.5 Å². The van der Waals surface area contributed by atoms with Crippen LogP contribution in [0.1, 0.15) is 33.3 Å². The molecule has 1 saturated heterocycles. The predicted octanol–water partition coefficient (Wildman–Crippen LogP) is 2.84. The van der Waals surface area contributed by atoms with E-state index in [9.17, 15) is 17.2 Å². The van der Waals surface area contributed by atoms with Crippen LogP contribution in [0.3, 0.4) is 0 Å². The minimum atomic E-state index is -3.77. The number of sulfonamides is 1. The fourth-order valence-electron chi connectivity index (χ4n) is 2.84. The van der Waals surface area contributed by atoms with Crippen LogP contribution in [-0.4, -0.2) is 26.7 Å². The maximum Gasteiger partial charge on any atom is 0.498 e. The highest BCUT2D eigenvalue weighted by atomic mass is 32.2. The first-order chi connectivity index (χ1) is 13.3. The smallest absolute Gasteiger partial charge is 0.455 e. The molecule has 29 heavy (non-hydrogen) atoms. The average molecular weight is 425 g/mol. The summed E-state index contributed by atoms with van der Waals surface area (Å²) in [4.78, 5) is 0. The summed E-state index contributed by atoms with van der Waals surface area (Å²) in [5, 5.41) is 5.15. The van der Waals surface area contributed by atoms with Crippen LogP contribution in [0.2, 0.25) is 0 Å². The maximum absolute atomic E-state index is 14.1. The van der Waals surface area contributed by atoms with Crippen LogP contribution in [0, 0.1) is 11.6 Å². The number of rotatable bonds is 5. The van der Waals surface area contributed by atoms with Crippen molar-refractivity contribution in [2.24, 2.45) is 5.14 Å². The van der Waals surface area contributed by atoms with E-state index in [-0.39, 0.29) is 11.5 Å². The molecule has 0 aliphatic carbocycles. The summed E-state index contributed by atoms with van der Waals surface area (Å²) in [5.74, 6) is -2.01. The van der Waals surface area contributed by atoms with Gasteiger partial charge in [0.25, 0.3) is 0 Å².